The van der Waals surface area contributed by atoms with Crippen molar-refractivity contribution in [2.24, 2.45) is 0 Å². The molecule has 2 aliphatic rings. The molecular formula is C23H33N5O2S2. The summed E-state index contributed by atoms with van der Waals surface area (Å²) in [6.07, 6.45) is 7.12. The third-order valence-corrected chi connectivity index (χ3v) is 8.40. The molecule has 1 aliphatic carbocycles. The summed E-state index contributed by atoms with van der Waals surface area (Å²) < 4.78 is 6.35. The third kappa shape index (κ3) is 6.21. The van der Waals surface area contributed by atoms with Crippen LogP contribution in [0.15, 0.2) is 28.6 Å². The number of thioether (sulfide) groups is 1. The molecule has 0 radical (unpaired) electrons. The van der Waals surface area contributed by atoms with Gasteiger partial charge in [-0.25, -0.2) is 0 Å². The number of nitrogens with zero attached hydrogens (tertiary/aromatic N) is 3. The quantitative estimate of drug-likeness (QED) is 0.529. The lowest BCUT2D eigenvalue weighted by molar-refractivity contribution is -0.119. The Bertz CT molecular complexity index is 862. The Labute approximate surface area is 198 Å². The molecule has 2 N–H and O–H groups in total. The number of hydrogen-bond acceptors (Lipinski definition) is 8. The minimum Gasteiger partial charge on any atom is -0.379 e. The van der Waals surface area contributed by atoms with Crippen LogP contribution in [0.3, 0.4) is 0 Å². The summed E-state index contributed by atoms with van der Waals surface area (Å²) >= 11 is 2.92. The highest BCUT2D eigenvalue weighted by Gasteiger charge is 2.38. The maximum absolute atomic E-state index is 12.6. The number of benzene rings is 1. The number of nitrogens with one attached hydrogen (secondary N) is 2. The molecule has 0 bridgehead atoms. The zero-order chi connectivity index (χ0) is 22.2. The number of morpholine rings is 1. The minimum atomic E-state index is 0.0630. The van der Waals surface area contributed by atoms with E-state index in [1.165, 1.54) is 47.9 Å². The molecule has 174 valence electrons. The monoisotopic (exact) mass is 475 g/mol. The smallest absolute Gasteiger partial charge is 0.230 e. The molecule has 0 unspecified atom stereocenters. The van der Waals surface area contributed by atoms with Crippen LogP contribution in [-0.2, 0) is 16.0 Å². The molecule has 9 heteroatoms. The van der Waals surface area contributed by atoms with Crippen molar-refractivity contribution in [1.82, 2.24) is 20.4 Å². The van der Waals surface area contributed by atoms with Gasteiger partial charge in [-0.2, -0.15) is 0 Å². The van der Waals surface area contributed by atoms with Crippen LogP contribution >= 0.6 is 23.1 Å². The van der Waals surface area contributed by atoms with Gasteiger partial charge in [-0.05, 0) is 37.0 Å². The van der Waals surface area contributed by atoms with E-state index in [0.29, 0.717) is 5.75 Å². The molecule has 1 saturated carbocycles. The summed E-state index contributed by atoms with van der Waals surface area (Å²) in [6, 6.07) is 8.32. The molecule has 1 amide bonds. The molecular weight excluding hydrogens is 442 g/mol. The van der Waals surface area contributed by atoms with Crippen LogP contribution in [0.1, 0.15) is 44.6 Å². The van der Waals surface area contributed by atoms with E-state index < -0.39 is 0 Å². The van der Waals surface area contributed by atoms with Crippen LogP contribution in [-0.4, -0.2) is 65.1 Å². The maximum Gasteiger partial charge on any atom is 0.230 e. The summed E-state index contributed by atoms with van der Waals surface area (Å²) in [4.78, 5) is 15.2. The van der Waals surface area contributed by atoms with Crippen LogP contribution in [0.25, 0.3) is 0 Å². The van der Waals surface area contributed by atoms with Gasteiger partial charge in [-0.15, -0.1) is 10.2 Å². The summed E-state index contributed by atoms with van der Waals surface area (Å²) in [6.45, 7) is 6.38. The topological polar surface area (TPSA) is 79.4 Å². The lowest BCUT2D eigenvalue weighted by Gasteiger charge is -2.48. The van der Waals surface area contributed by atoms with Crippen LogP contribution in [0.5, 0.6) is 0 Å². The molecule has 2 fully saturated rings. The number of hydrogen-bond donors (Lipinski definition) is 2. The standard InChI is InChI=1S/C23H33N5O2S2/c1-2-18-6-8-19(9-7-18)25-21-26-27-22(32-21)31-16-20(29)24-17-23(10-4-3-5-11-23)28-12-14-30-15-13-28/h6-9H,2-5,10-17H2,1H3,(H,24,29)(H,25,26). The van der Waals surface area contributed by atoms with Crippen molar-refractivity contribution in [3.05, 3.63) is 29.8 Å². The predicted octanol–water partition coefficient (Wildman–Crippen LogP) is 4.09. The van der Waals surface area contributed by atoms with Crippen LogP contribution < -0.4 is 10.6 Å². The van der Waals surface area contributed by atoms with E-state index in [-0.39, 0.29) is 11.4 Å². The van der Waals surface area contributed by atoms with E-state index >= 15 is 0 Å². The number of rotatable bonds is 9. The van der Waals surface area contributed by atoms with Crippen molar-refractivity contribution in [2.45, 2.75) is 55.3 Å². The van der Waals surface area contributed by atoms with Crippen molar-refractivity contribution in [3.63, 3.8) is 0 Å². The molecule has 2 aromatic rings. The molecule has 0 spiro atoms. The van der Waals surface area contributed by atoms with E-state index in [9.17, 15) is 4.79 Å². The van der Waals surface area contributed by atoms with Crippen LogP contribution in [0, 0.1) is 0 Å². The van der Waals surface area contributed by atoms with E-state index in [4.69, 9.17) is 4.74 Å². The molecule has 1 aliphatic heterocycles. The first-order valence-electron chi connectivity index (χ1n) is 11.6. The molecule has 1 aromatic carbocycles. The first-order valence-corrected chi connectivity index (χ1v) is 13.4. The number of amides is 1. The average molecular weight is 476 g/mol. The van der Waals surface area contributed by atoms with Gasteiger partial charge in [0.15, 0.2) is 4.34 Å². The predicted molar refractivity (Wildman–Crippen MR) is 131 cm³/mol. The van der Waals surface area contributed by atoms with E-state index in [0.717, 1.165) is 67.3 Å². The number of carbonyl (C=O) groups is 1. The van der Waals surface area contributed by atoms with Crippen molar-refractivity contribution in [1.29, 1.82) is 0 Å². The van der Waals surface area contributed by atoms with Gasteiger partial charge in [0.05, 0.1) is 19.0 Å². The summed E-state index contributed by atoms with van der Waals surface area (Å²) in [5.74, 6) is 0.423. The SMILES string of the molecule is CCc1ccc(Nc2nnc(SCC(=O)NCC3(N4CCOCC4)CCCCC3)s2)cc1. The normalized spacial score (nSPS) is 18.9. The Kier molecular flexibility index (Phi) is 8.40. The van der Waals surface area contributed by atoms with Crippen molar-refractivity contribution < 1.29 is 9.53 Å². The van der Waals surface area contributed by atoms with Crippen LogP contribution in [0.2, 0.25) is 0 Å². The lowest BCUT2D eigenvalue weighted by atomic mass is 9.79. The highest BCUT2D eigenvalue weighted by molar-refractivity contribution is 8.01. The second-order valence-corrected chi connectivity index (χ2v) is 10.7. The van der Waals surface area contributed by atoms with Gasteiger partial charge in [-0.1, -0.05) is 61.4 Å². The first-order chi connectivity index (χ1) is 15.7. The van der Waals surface area contributed by atoms with Crippen molar-refractivity contribution in [3.8, 4) is 0 Å². The van der Waals surface area contributed by atoms with Gasteiger partial charge in [0.25, 0.3) is 0 Å². The maximum atomic E-state index is 12.6. The summed E-state index contributed by atoms with van der Waals surface area (Å²) in [5, 5.41) is 15.7. The zero-order valence-corrected chi connectivity index (χ0v) is 20.4. The van der Waals surface area contributed by atoms with Gasteiger partial charge < -0.3 is 15.4 Å². The fraction of sp³-hybridized carbons (Fsp3) is 0.609. The Balaban J connectivity index is 1.25. The Morgan fingerprint density at radius 2 is 1.91 bits per heavy atom. The lowest BCUT2D eigenvalue weighted by Crippen LogP contribution is -2.59. The largest absolute Gasteiger partial charge is 0.379 e. The third-order valence-electron chi connectivity index (χ3n) is 6.43. The molecule has 1 saturated heterocycles. The fourth-order valence-electron chi connectivity index (χ4n) is 4.56. The van der Waals surface area contributed by atoms with Crippen LogP contribution in [0.4, 0.5) is 10.8 Å². The highest BCUT2D eigenvalue weighted by Crippen LogP contribution is 2.34. The van der Waals surface area contributed by atoms with Gasteiger partial charge >= 0.3 is 0 Å². The van der Waals surface area contributed by atoms with Gasteiger partial charge in [0.2, 0.25) is 11.0 Å². The van der Waals surface area contributed by atoms with E-state index in [1.807, 2.05) is 0 Å². The number of aromatic nitrogens is 2. The number of ether oxygens (including phenoxy) is 1. The van der Waals surface area contributed by atoms with E-state index in [2.05, 4.69) is 56.9 Å². The van der Waals surface area contributed by atoms with Gasteiger partial charge in [0, 0.05) is 30.9 Å². The molecule has 2 heterocycles. The van der Waals surface area contributed by atoms with E-state index in [1.54, 1.807) is 0 Å². The molecule has 1 aromatic heterocycles. The van der Waals surface area contributed by atoms with Gasteiger partial charge in [-0.3, -0.25) is 9.69 Å². The average Bonchev–Trinajstić information content (AvgIpc) is 3.30. The second-order valence-electron chi connectivity index (χ2n) is 8.50. The van der Waals surface area contributed by atoms with Crippen molar-refractivity contribution >= 4 is 39.8 Å². The highest BCUT2D eigenvalue weighted by atomic mass is 32.2. The number of aryl methyl sites for hydroxylation is 1. The Morgan fingerprint density at radius 3 is 2.62 bits per heavy atom. The zero-order valence-electron chi connectivity index (χ0n) is 18.8. The number of anilines is 2. The fourth-order valence-corrected chi connectivity index (χ4v) is 6.16. The molecule has 32 heavy (non-hydrogen) atoms. The molecule has 7 nitrogen and oxygen atoms in total. The Hall–Kier alpha value is -1.68. The van der Waals surface area contributed by atoms with Gasteiger partial charge in [0.1, 0.15) is 0 Å². The minimum absolute atomic E-state index is 0.0630. The molecule has 4 rings (SSSR count). The molecule has 0 atom stereocenters. The Morgan fingerprint density at radius 1 is 1.16 bits per heavy atom. The summed E-state index contributed by atoms with van der Waals surface area (Å²) in [7, 11) is 0. The second kappa shape index (κ2) is 11.4. The first kappa shape index (κ1) is 23.5. The van der Waals surface area contributed by atoms with Crippen molar-refractivity contribution in [2.75, 3.05) is 43.9 Å². The summed E-state index contributed by atoms with van der Waals surface area (Å²) in [5.41, 5.74) is 2.39. The number of carbonyl (C=O) groups excluding carboxylic acids is 1.